The molecule has 0 bridgehead atoms. The first-order valence-corrected chi connectivity index (χ1v) is 6.02. The van der Waals surface area contributed by atoms with Crippen molar-refractivity contribution in [3.63, 3.8) is 0 Å². The third-order valence-electron chi connectivity index (χ3n) is 0.0945. The van der Waals surface area contributed by atoms with E-state index in [0.29, 0.717) is 4.55 Å². The highest BCUT2D eigenvalue weighted by molar-refractivity contribution is 9.23. The van der Waals surface area contributed by atoms with Gasteiger partial charge in [0.1, 0.15) is 0 Å². The van der Waals surface area contributed by atoms with Crippen molar-refractivity contribution in [1.82, 2.24) is 0 Å². The lowest BCUT2D eigenvalue weighted by Gasteiger charge is -1.59. The van der Waals surface area contributed by atoms with Crippen LogP contribution >= 0.6 is 12.9 Å². The van der Waals surface area contributed by atoms with Gasteiger partial charge in [-0.05, 0) is 0 Å². The lowest BCUT2D eigenvalue weighted by atomic mass is 11.0. The van der Waals surface area contributed by atoms with Crippen LogP contribution in [-0.4, -0.2) is 18.2 Å². The summed E-state index contributed by atoms with van der Waals surface area (Å²) in [5.41, 5.74) is 0. The second-order valence-corrected chi connectivity index (χ2v) is 3.70. The zero-order valence-electron chi connectivity index (χ0n) is 5.29. The molecule has 0 saturated heterocycles. The third-order valence-corrected chi connectivity index (χ3v) is 1.47. The molecule has 0 aliphatic heterocycles. The minimum Gasteiger partial charge on any atom is -0.307 e. The highest BCUT2D eigenvalue weighted by atomic mass is 79.9. The Bertz CT molecular complexity index is 51.4. The van der Waals surface area contributed by atoms with Crippen LogP contribution in [0.4, 0.5) is 0 Å². The van der Waals surface area contributed by atoms with E-state index in [1.54, 1.807) is 0 Å². The Morgan fingerprint density at radius 2 is 3.25 bits per heavy atom. The molecule has 0 unspecified atom stereocenters. The van der Waals surface area contributed by atoms with E-state index in [1.807, 2.05) is 0 Å². The Kier molecular flexibility index (Phi) is 1.91. The van der Waals surface area contributed by atoms with Crippen molar-refractivity contribution in [3.05, 3.63) is 0 Å². The highest BCUT2D eigenvalue weighted by Crippen LogP contribution is 1.77. The smallest absolute Gasteiger partial charge is 0.307 e. The predicted octanol–water partition coefficient (Wildman–Crippen LogP) is 1.44. The molecule has 0 aromatic heterocycles. The summed E-state index contributed by atoms with van der Waals surface area (Å²) in [5, 5.41) is 0. The van der Waals surface area contributed by atoms with E-state index in [0.717, 1.165) is 0 Å². The van der Waals surface area contributed by atoms with Gasteiger partial charge < -0.3 is 12.9 Å². The van der Waals surface area contributed by atoms with Crippen LogP contribution in [0.25, 0.3) is 0 Å². The zero-order valence-corrected chi connectivity index (χ0v) is 5.29. The minimum absolute atomic E-state index is 0.396. The van der Waals surface area contributed by atoms with Crippen molar-refractivity contribution < 1.29 is 4.11 Å². The lowest BCUT2D eigenvalue weighted by Crippen LogP contribution is -1.60. The van der Waals surface area contributed by atoms with Gasteiger partial charge in [-0.15, -0.1) is 4.55 Å². The largest absolute Gasteiger partial charge is 0.468 e. The van der Waals surface area contributed by atoms with Crippen LogP contribution in [0.2, 0.25) is 4.55 Å². The van der Waals surface area contributed by atoms with Crippen LogP contribution in [0.5, 0.6) is 0 Å². The fourth-order valence-electron chi connectivity index (χ4n) is 0. The number of hydrogen-bond acceptors (Lipinski definition) is 0. The van der Waals surface area contributed by atoms with E-state index in [2.05, 4.69) is 12.9 Å². The average Bonchev–Trinajstić information content (AvgIpc) is 1.30. The molecule has 0 radical (unpaired) electrons. The average molecular weight is 136 g/mol. The molecule has 0 N–H and O–H groups in total. The van der Waals surface area contributed by atoms with Crippen molar-refractivity contribution in [3.8, 4) is 0 Å². The summed E-state index contributed by atoms with van der Waals surface area (Å²) in [6.07, 6.45) is 0. The van der Waals surface area contributed by atoms with Gasteiger partial charge in [0.05, 0.1) is 0 Å². The molecule has 0 aliphatic carbocycles. The molecule has 0 amide bonds. The van der Waals surface area contributed by atoms with E-state index in [1.165, 1.54) is 0 Å². The summed E-state index contributed by atoms with van der Waals surface area (Å²) >= 11 is 2.72. The van der Waals surface area contributed by atoms with Crippen molar-refractivity contribution in [2.75, 3.05) is 0 Å². The van der Waals surface area contributed by atoms with Gasteiger partial charge in [0.25, 0.3) is 0 Å². The molecular weight excluding hydrogens is 128 g/mol. The maximum absolute atomic E-state index is 6.67. The Morgan fingerprint density at radius 3 is 3.25 bits per heavy atom. The highest BCUT2D eigenvalue weighted by Gasteiger charge is 1.73. The predicted molar refractivity (Wildman–Crippen MR) is 25.2 cm³/mol. The van der Waals surface area contributed by atoms with Crippen molar-refractivity contribution in [1.29, 1.82) is 0 Å². The zero-order chi connectivity index (χ0) is 5.91. The first-order chi connectivity index (χ1) is 3.06. The summed E-state index contributed by atoms with van der Waals surface area (Å²) in [6.45, 7) is -1.68. The van der Waals surface area contributed by atoms with Crippen molar-refractivity contribution >= 4 is 31.1 Å². The normalized spacial score (nSPS) is 19.8. The number of hydrogen-bond donors (Lipinski definition) is 0. The van der Waals surface area contributed by atoms with E-state index >= 15 is 0 Å². The summed E-state index contributed by atoms with van der Waals surface area (Å²) < 4.78 is 20.4. The van der Waals surface area contributed by atoms with Gasteiger partial charge in [-0.3, -0.25) is 0 Å². The van der Waals surface area contributed by atoms with Gasteiger partial charge in [-0.2, -0.15) is 0 Å². The molecule has 22 valence electrons. The standard InChI is InChI=1S/C2H5.BrH.Mg/c1-2;;/h1H2,2H3;1H;/q;;+1/p-1/i2D3;;. The maximum Gasteiger partial charge on any atom is 0.468 e. The van der Waals surface area contributed by atoms with Crippen LogP contribution in [0.3, 0.4) is 0 Å². The van der Waals surface area contributed by atoms with Crippen LogP contribution in [0, 0.1) is 0 Å². The van der Waals surface area contributed by atoms with E-state index < -0.39 is 25.0 Å². The first-order valence-electron chi connectivity index (χ1n) is 2.62. The topological polar surface area (TPSA) is 0 Å². The van der Waals surface area contributed by atoms with Gasteiger partial charge in [0.15, 0.2) is 0 Å². The van der Waals surface area contributed by atoms with Crippen LogP contribution < -0.4 is 0 Å². The van der Waals surface area contributed by atoms with Gasteiger partial charge in [-0.25, -0.2) is 0 Å². The molecule has 0 nitrogen and oxygen atoms in total. The monoisotopic (exact) mass is 135 g/mol. The van der Waals surface area contributed by atoms with Gasteiger partial charge in [0.2, 0.25) is 0 Å². The second kappa shape index (κ2) is 4.25. The van der Waals surface area contributed by atoms with Gasteiger partial charge in [-0.1, -0.05) is 6.85 Å². The summed E-state index contributed by atoms with van der Waals surface area (Å²) in [7, 11) is 0. The number of halogens is 1. The Balaban J connectivity index is 3.15. The minimum atomic E-state index is -1.68. The Morgan fingerprint density at radius 1 is 2.50 bits per heavy atom. The molecule has 0 saturated carbocycles. The molecule has 0 aromatic rings. The lowest BCUT2D eigenvalue weighted by molar-refractivity contribution is 1.48. The second-order valence-electron chi connectivity index (χ2n) is 0.439. The van der Waals surface area contributed by atoms with E-state index in [9.17, 15) is 0 Å². The molecular formula is C2H5BrMg. The van der Waals surface area contributed by atoms with E-state index in [-0.39, 0.29) is 0 Å². The fraction of sp³-hybridized carbons (Fsp3) is 1.00. The SMILES string of the molecule is [2H]C([2H])([2H])[CH2][Mg][Br]. The third kappa shape index (κ3) is 3.25. The summed E-state index contributed by atoms with van der Waals surface area (Å²) in [4.78, 5) is 0. The Labute approximate surface area is 46.8 Å². The Hall–Kier alpha value is 1.25. The molecule has 0 aromatic carbocycles. The van der Waals surface area contributed by atoms with Crippen molar-refractivity contribution in [2.45, 2.75) is 11.4 Å². The first kappa shape index (κ1) is 1.80. The van der Waals surface area contributed by atoms with Crippen molar-refractivity contribution in [2.24, 2.45) is 0 Å². The van der Waals surface area contributed by atoms with Crippen LogP contribution in [0.1, 0.15) is 11.0 Å². The molecule has 0 aliphatic rings. The van der Waals surface area contributed by atoms with Gasteiger partial charge in [0, 0.05) is 4.11 Å². The van der Waals surface area contributed by atoms with E-state index in [4.69, 9.17) is 4.11 Å². The summed E-state index contributed by atoms with van der Waals surface area (Å²) in [5.74, 6) is 0. The molecule has 0 heterocycles. The fourth-order valence-corrected chi connectivity index (χ4v) is 0. The molecule has 4 heavy (non-hydrogen) atoms. The molecule has 2 heteroatoms. The maximum atomic E-state index is 6.67. The quantitative estimate of drug-likeness (QED) is 0.478. The number of rotatable bonds is 1. The molecule has 0 spiro atoms. The van der Waals surface area contributed by atoms with Crippen LogP contribution in [0.15, 0.2) is 0 Å². The van der Waals surface area contributed by atoms with Crippen LogP contribution in [-0.2, 0) is 0 Å². The van der Waals surface area contributed by atoms with Gasteiger partial charge >= 0.3 is 18.2 Å². The molecule has 0 fully saturated rings. The summed E-state index contributed by atoms with van der Waals surface area (Å²) in [6, 6.07) is 0. The molecule has 0 atom stereocenters. The molecule has 0 rings (SSSR count).